The number of amides is 1. The monoisotopic (exact) mass is 383 g/mol. The first-order valence-electron chi connectivity index (χ1n) is 10.0. The van der Waals surface area contributed by atoms with Gasteiger partial charge in [-0.2, -0.15) is 0 Å². The van der Waals surface area contributed by atoms with Gasteiger partial charge in [0.25, 0.3) is 5.91 Å². The largest absolute Gasteiger partial charge is 0.450 e. The Morgan fingerprint density at radius 3 is 2.79 bits per heavy atom. The first-order valence-corrected chi connectivity index (χ1v) is 10.0. The third-order valence-corrected chi connectivity index (χ3v) is 5.97. The van der Waals surface area contributed by atoms with Gasteiger partial charge in [-0.3, -0.25) is 9.59 Å². The van der Waals surface area contributed by atoms with E-state index in [4.69, 9.17) is 9.15 Å². The minimum atomic E-state index is -0.787. The lowest BCUT2D eigenvalue weighted by atomic mass is 9.78. The van der Waals surface area contributed by atoms with Gasteiger partial charge in [0.05, 0.1) is 5.39 Å². The highest BCUT2D eigenvalue weighted by molar-refractivity contribution is 5.90. The number of fused-ring (bicyclic) bond motifs is 2. The van der Waals surface area contributed by atoms with Crippen molar-refractivity contribution in [2.75, 3.05) is 13.2 Å². The van der Waals surface area contributed by atoms with E-state index in [0.717, 1.165) is 37.4 Å². The Labute approximate surface area is 163 Å². The van der Waals surface area contributed by atoms with Crippen molar-refractivity contribution in [3.63, 3.8) is 0 Å². The van der Waals surface area contributed by atoms with Crippen molar-refractivity contribution in [3.05, 3.63) is 45.8 Å². The normalized spacial score (nSPS) is 22.0. The summed E-state index contributed by atoms with van der Waals surface area (Å²) in [7, 11) is 0. The lowest BCUT2D eigenvalue weighted by Crippen LogP contribution is -2.50. The number of piperidine rings is 1. The maximum atomic E-state index is 12.7. The average molecular weight is 383 g/mol. The molecule has 1 aromatic carbocycles. The van der Waals surface area contributed by atoms with Crippen LogP contribution < -0.4 is 5.43 Å². The Morgan fingerprint density at radius 2 is 1.93 bits per heavy atom. The summed E-state index contributed by atoms with van der Waals surface area (Å²) >= 11 is 0. The zero-order valence-electron chi connectivity index (χ0n) is 16.1. The van der Waals surface area contributed by atoms with Crippen molar-refractivity contribution in [2.24, 2.45) is 5.92 Å². The summed E-state index contributed by atoms with van der Waals surface area (Å²) in [5.74, 6) is -0.554. The molecule has 0 bridgehead atoms. The molecule has 6 heteroatoms. The lowest BCUT2D eigenvalue weighted by molar-refractivity contribution is -0.140. The van der Waals surface area contributed by atoms with E-state index < -0.39 is 5.97 Å². The molecule has 0 radical (unpaired) electrons. The number of ether oxygens (including phenoxy) is 1. The molecule has 0 spiro atoms. The van der Waals surface area contributed by atoms with Gasteiger partial charge in [-0.15, -0.1) is 0 Å². The van der Waals surface area contributed by atoms with E-state index in [1.54, 1.807) is 18.2 Å². The summed E-state index contributed by atoms with van der Waals surface area (Å²) in [5.41, 5.74) is 0.963. The van der Waals surface area contributed by atoms with Crippen LogP contribution in [0.2, 0.25) is 0 Å². The molecule has 2 fully saturated rings. The van der Waals surface area contributed by atoms with Gasteiger partial charge in [-0.05, 0) is 50.7 Å². The van der Waals surface area contributed by atoms with Crippen LogP contribution in [0.3, 0.4) is 0 Å². The molecule has 0 N–H and O–H groups in total. The van der Waals surface area contributed by atoms with Crippen molar-refractivity contribution >= 4 is 22.8 Å². The third kappa shape index (κ3) is 3.68. The number of benzene rings is 1. The van der Waals surface area contributed by atoms with Gasteiger partial charge < -0.3 is 14.1 Å². The molecule has 2 heterocycles. The number of rotatable bonds is 3. The van der Waals surface area contributed by atoms with Crippen LogP contribution in [0.1, 0.15) is 54.6 Å². The molecule has 1 saturated heterocycles. The van der Waals surface area contributed by atoms with E-state index in [1.807, 2.05) is 11.8 Å². The van der Waals surface area contributed by atoms with Crippen LogP contribution in [0.4, 0.5) is 0 Å². The van der Waals surface area contributed by atoms with E-state index in [9.17, 15) is 14.4 Å². The predicted octanol–water partition coefficient (Wildman–Crippen LogP) is 3.44. The summed E-state index contributed by atoms with van der Waals surface area (Å²) in [5, 5.41) is 0.421. The second-order valence-electron chi connectivity index (χ2n) is 7.89. The van der Waals surface area contributed by atoms with Crippen LogP contribution in [-0.2, 0) is 9.53 Å². The van der Waals surface area contributed by atoms with E-state index >= 15 is 0 Å². The molecule has 2 aromatic rings. The number of esters is 1. The summed E-state index contributed by atoms with van der Waals surface area (Å²) in [6.45, 7) is 2.28. The minimum absolute atomic E-state index is 0.163. The maximum Gasteiger partial charge on any atom is 0.374 e. The molecule has 28 heavy (non-hydrogen) atoms. The van der Waals surface area contributed by atoms with Crippen LogP contribution in [0.5, 0.6) is 0 Å². The van der Waals surface area contributed by atoms with Crippen LogP contribution in [0.25, 0.3) is 11.0 Å². The predicted molar refractivity (Wildman–Crippen MR) is 104 cm³/mol. The molecule has 148 valence electrons. The van der Waals surface area contributed by atoms with Gasteiger partial charge in [0.2, 0.25) is 5.76 Å². The van der Waals surface area contributed by atoms with Gasteiger partial charge in [-0.25, -0.2) is 4.79 Å². The van der Waals surface area contributed by atoms with Crippen LogP contribution in [0, 0.1) is 12.8 Å². The molecule has 1 aliphatic carbocycles. The second kappa shape index (κ2) is 7.78. The molecular formula is C22H25NO5. The van der Waals surface area contributed by atoms with Crippen molar-refractivity contribution in [2.45, 2.75) is 51.5 Å². The highest BCUT2D eigenvalue weighted by Gasteiger charge is 2.35. The van der Waals surface area contributed by atoms with Crippen molar-refractivity contribution in [1.82, 2.24) is 4.90 Å². The summed E-state index contributed by atoms with van der Waals surface area (Å²) in [4.78, 5) is 39.2. The van der Waals surface area contributed by atoms with E-state index in [2.05, 4.69) is 0 Å². The molecule has 1 amide bonds. The lowest BCUT2D eigenvalue weighted by Gasteiger charge is -2.44. The minimum Gasteiger partial charge on any atom is -0.450 e. The highest BCUT2D eigenvalue weighted by atomic mass is 16.5. The molecule has 6 nitrogen and oxygen atoms in total. The Kier molecular flexibility index (Phi) is 5.20. The highest BCUT2D eigenvalue weighted by Crippen LogP contribution is 2.35. The van der Waals surface area contributed by atoms with Gasteiger partial charge in [-0.1, -0.05) is 24.5 Å². The molecule has 2 aliphatic rings. The Balaban J connectivity index is 1.44. The van der Waals surface area contributed by atoms with Crippen molar-refractivity contribution < 1.29 is 18.7 Å². The number of aryl methyl sites for hydroxylation is 1. The standard InChI is InChI=1S/C22H25NO5/c1-14-8-9-19-16(11-14)18(24)12-20(28-19)22(26)27-13-21(25)23-10-4-6-15-5-2-3-7-17(15)23/h8-9,11-12,15,17H,2-7,10,13H2,1H3/t15-,17-/m1/s1. The van der Waals surface area contributed by atoms with Gasteiger partial charge in [0.1, 0.15) is 5.58 Å². The second-order valence-corrected chi connectivity index (χ2v) is 7.89. The Morgan fingerprint density at radius 1 is 1.14 bits per heavy atom. The molecule has 1 aromatic heterocycles. The number of carbonyl (C=O) groups excluding carboxylic acids is 2. The van der Waals surface area contributed by atoms with Crippen molar-refractivity contribution in [3.8, 4) is 0 Å². The summed E-state index contributed by atoms with van der Waals surface area (Å²) in [6, 6.07) is 6.59. The number of hydrogen-bond donors (Lipinski definition) is 0. The number of hydrogen-bond acceptors (Lipinski definition) is 5. The first-order chi connectivity index (χ1) is 13.5. The van der Waals surface area contributed by atoms with Crippen LogP contribution >= 0.6 is 0 Å². The fourth-order valence-corrected chi connectivity index (χ4v) is 4.59. The zero-order valence-corrected chi connectivity index (χ0v) is 16.1. The summed E-state index contributed by atoms with van der Waals surface area (Å²) < 4.78 is 10.7. The van der Waals surface area contributed by atoms with E-state index in [0.29, 0.717) is 16.9 Å². The van der Waals surface area contributed by atoms with Crippen LogP contribution in [-0.4, -0.2) is 36.0 Å². The fraction of sp³-hybridized carbons (Fsp3) is 0.500. The van der Waals surface area contributed by atoms with Crippen LogP contribution in [0.15, 0.2) is 33.5 Å². The van der Waals surface area contributed by atoms with E-state index in [1.165, 1.54) is 19.3 Å². The number of likely N-dealkylation sites (tertiary alicyclic amines) is 1. The number of nitrogens with zero attached hydrogens (tertiary/aromatic N) is 1. The Hall–Kier alpha value is -2.63. The summed E-state index contributed by atoms with van der Waals surface area (Å²) in [6.07, 6.45) is 6.76. The molecule has 0 unspecified atom stereocenters. The fourth-order valence-electron chi connectivity index (χ4n) is 4.59. The Bertz CT molecular complexity index is 961. The van der Waals surface area contributed by atoms with Crippen molar-refractivity contribution in [1.29, 1.82) is 0 Å². The maximum absolute atomic E-state index is 12.7. The quantitative estimate of drug-likeness (QED) is 0.759. The first kappa shape index (κ1) is 18.7. The smallest absolute Gasteiger partial charge is 0.374 e. The number of carbonyl (C=O) groups is 2. The zero-order chi connectivity index (χ0) is 19.7. The molecule has 1 aliphatic heterocycles. The topological polar surface area (TPSA) is 76.8 Å². The molecular weight excluding hydrogens is 358 g/mol. The molecule has 1 saturated carbocycles. The van der Waals surface area contributed by atoms with Gasteiger partial charge in [0.15, 0.2) is 12.0 Å². The SMILES string of the molecule is Cc1ccc2oc(C(=O)OCC(=O)N3CCC[C@H]4CCCC[C@H]43)cc(=O)c2c1. The van der Waals surface area contributed by atoms with Gasteiger partial charge >= 0.3 is 5.97 Å². The average Bonchev–Trinajstić information content (AvgIpc) is 2.71. The van der Waals surface area contributed by atoms with Gasteiger partial charge in [0, 0.05) is 18.7 Å². The van der Waals surface area contributed by atoms with E-state index in [-0.39, 0.29) is 29.7 Å². The molecule has 2 atom stereocenters. The molecule has 4 rings (SSSR count). The third-order valence-electron chi connectivity index (χ3n) is 5.97.